The first kappa shape index (κ1) is 13.2. The molecule has 0 heterocycles. The number of Topliss-reactive ketones (excluding diaryl/α,β-unsaturated/α-hetero) is 1. The molecule has 0 N–H and O–H groups in total. The highest BCUT2D eigenvalue weighted by Crippen LogP contribution is 2.15. The average molecular weight is 230 g/mol. The molecule has 0 bridgehead atoms. The Hall–Kier alpha value is -1.82. The molecule has 0 aliphatic rings. The van der Waals surface area contributed by atoms with Crippen LogP contribution in [-0.4, -0.2) is 19.4 Å². The van der Waals surface area contributed by atoms with Crippen molar-refractivity contribution < 1.29 is 4.79 Å². The van der Waals surface area contributed by atoms with Gasteiger partial charge in [0, 0.05) is 18.7 Å². The topological polar surface area (TPSA) is 44.1 Å². The average Bonchev–Trinajstić information content (AvgIpc) is 2.37. The summed E-state index contributed by atoms with van der Waals surface area (Å²) in [4.78, 5) is 13.7. The van der Waals surface area contributed by atoms with E-state index in [2.05, 4.69) is 6.07 Å². The molecule has 1 rings (SSSR count). The Morgan fingerprint density at radius 3 is 2.82 bits per heavy atom. The monoisotopic (exact) mass is 230 g/mol. The predicted molar refractivity (Wildman–Crippen MR) is 68.9 cm³/mol. The highest BCUT2D eigenvalue weighted by Gasteiger charge is 2.13. The fourth-order valence-corrected chi connectivity index (χ4v) is 1.52. The molecule has 3 nitrogen and oxygen atoms in total. The van der Waals surface area contributed by atoms with Crippen molar-refractivity contribution in [1.29, 1.82) is 5.26 Å². The van der Waals surface area contributed by atoms with Crippen molar-refractivity contribution in [3.8, 4) is 6.07 Å². The molecular weight excluding hydrogens is 212 g/mol. The number of hydrogen-bond donors (Lipinski definition) is 0. The number of benzene rings is 1. The van der Waals surface area contributed by atoms with Crippen molar-refractivity contribution >= 4 is 11.5 Å². The highest BCUT2D eigenvalue weighted by molar-refractivity contribution is 5.85. The van der Waals surface area contributed by atoms with Gasteiger partial charge < -0.3 is 4.90 Å². The SMILES string of the molecule is CCC(C)C(=O)CN(C)c1cccc(C#N)c1. The first-order valence-electron chi connectivity index (χ1n) is 5.82. The molecule has 90 valence electrons. The molecule has 1 aromatic rings. The van der Waals surface area contributed by atoms with E-state index in [1.807, 2.05) is 37.9 Å². The van der Waals surface area contributed by atoms with Crippen LogP contribution in [0.15, 0.2) is 24.3 Å². The third-order valence-electron chi connectivity index (χ3n) is 2.97. The molecule has 0 aromatic heterocycles. The molecule has 3 heteroatoms. The maximum absolute atomic E-state index is 11.8. The number of rotatable bonds is 5. The molecule has 0 aliphatic heterocycles. The Balaban J connectivity index is 2.73. The van der Waals surface area contributed by atoms with Crippen LogP contribution in [0.1, 0.15) is 25.8 Å². The number of likely N-dealkylation sites (N-methyl/N-ethyl adjacent to an activating group) is 1. The lowest BCUT2D eigenvalue weighted by Gasteiger charge is -2.20. The minimum atomic E-state index is 0.0941. The summed E-state index contributed by atoms with van der Waals surface area (Å²) in [7, 11) is 1.87. The summed E-state index contributed by atoms with van der Waals surface area (Å²) >= 11 is 0. The second-order valence-corrected chi connectivity index (χ2v) is 4.29. The van der Waals surface area contributed by atoms with E-state index >= 15 is 0 Å². The van der Waals surface area contributed by atoms with Crippen LogP contribution < -0.4 is 4.90 Å². The fourth-order valence-electron chi connectivity index (χ4n) is 1.52. The van der Waals surface area contributed by atoms with Crippen LogP contribution in [0.2, 0.25) is 0 Å². The zero-order valence-corrected chi connectivity index (χ0v) is 10.6. The van der Waals surface area contributed by atoms with Crippen LogP contribution in [0, 0.1) is 17.2 Å². The minimum absolute atomic E-state index is 0.0941. The Kier molecular flexibility index (Phi) is 4.71. The van der Waals surface area contributed by atoms with Gasteiger partial charge in [0.15, 0.2) is 5.78 Å². The van der Waals surface area contributed by atoms with Gasteiger partial charge in [-0.15, -0.1) is 0 Å². The lowest BCUT2D eigenvalue weighted by Crippen LogP contribution is -2.29. The molecule has 0 spiro atoms. The number of hydrogen-bond acceptors (Lipinski definition) is 3. The van der Waals surface area contributed by atoms with Crippen LogP contribution in [0.25, 0.3) is 0 Å². The van der Waals surface area contributed by atoms with Crippen LogP contribution in [0.3, 0.4) is 0 Å². The molecule has 0 aliphatic carbocycles. The third-order valence-corrected chi connectivity index (χ3v) is 2.97. The Bertz CT molecular complexity index is 434. The third kappa shape index (κ3) is 3.60. The molecule has 0 amide bonds. The van der Waals surface area contributed by atoms with Gasteiger partial charge >= 0.3 is 0 Å². The Morgan fingerprint density at radius 1 is 1.53 bits per heavy atom. The van der Waals surface area contributed by atoms with Gasteiger partial charge in [-0.05, 0) is 24.6 Å². The minimum Gasteiger partial charge on any atom is -0.367 e. The number of ketones is 1. The maximum Gasteiger partial charge on any atom is 0.154 e. The van der Waals surface area contributed by atoms with E-state index in [9.17, 15) is 4.79 Å². The molecule has 0 fully saturated rings. The largest absolute Gasteiger partial charge is 0.367 e. The Labute approximate surface area is 103 Å². The number of anilines is 1. The van der Waals surface area contributed by atoms with E-state index in [-0.39, 0.29) is 11.7 Å². The summed E-state index contributed by atoms with van der Waals surface area (Å²) in [5.41, 5.74) is 1.52. The van der Waals surface area contributed by atoms with Gasteiger partial charge in [-0.3, -0.25) is 4.79 Å². The van der Waals surface area contributed by atoms with E-state index in [4.69, 9.17) is 5.26 Å². The molecular formula is C14H18N2O. The Morgan fingerprint density at radius 2 is 2.24 bits per heavy atom. The zero-order chi connectivity index (χ0) is 12.8. The molecule has 0 radical (unpaired) electrons. The number of nitriles is 1. The summed E-state index contributed by atoms with van der Waals surface area (Å²) in [5, 5.41) is 8.82. The maximum atomic E-state index is 11.8. The van der Waals surface area contributed by atoms with Gasteiger partial charge in [0.25, 0.3) is 0 Å². The fraction of sp³-hybridized carbons (Fsp3) is 0.429. The summed E-state index contributed by atoms with van der Waals surface area (Å²) < 4.78 is 0. The quantitative estimate of drug-likeness (QED) is 0.781. The smallest absolute Gasteiger partial charge is 0.154 e. The number of nitrogens with zero attached hydrogens (tertiary/aromatic N) is 2. The van der Waals surface area contributed by atoms with E-state index in [0.717, 1.165) is 12.1 Å². The summed E-state index contributed by atoms with van der Waals surface area (Å²) in [5.74, 6) is 0.328. The molecule has 0 saturated carbocycles. The van der Waals surface area contributed by atoms with Gasteiger partial charge in [0.1, 0.15) is 0 Å². The van der Waals surface area contributed by atoms with E-state index in [1.54, 1.807) is 12.1 Å². The molecule has 1 unspecified atom stereocenters. The van der Waals surface area contributed by atoms with Crippen molar-refractivity contribution in [2.75, 3.05) is 18.5 Å². The van der Waals surface area contributed by atoms with Gasteiger partial charge in [-0.2, -0.15) is 5.26 Å². The van der Waals surface area contributed by atoms with Gasteiger partial charge in [0.2, 0.25) is 0 Å². The van der Waals surface area contributed by atoms with Crippen LogP contribution in [0.5, 0.6) is 0 Å². The van der Waals surface area contributed by atoms with Crippen molar-refractivity contribution in [1.82, 2.24) is 0 Å². The van der Waals surface area contributed by atoms with Crippen molar-refractivity contribution in [2.24, 2.45) is 5.92 Å². The first-order chi connectivity index (χ1) is 8.08. The standard InChI is InChI=1S/C14H18N2O/c1-4-11(2)14(17)10-16(3)13-7-5-6-12(8-13)9-15/h5-8,11H,4,10H2,1-3H3. The van der Waals surface area contributed by atoms with E-state index in [1.165, 1.54) is 0 Å². The van der Waals surface area contributed by atoms with Crippen LogP contribution >= 0.6 is 0 Å². The number of carbonyl (C=O) groups is 1. The summed E-state index contributed by atoms with van der Waals surface area (Å²) in [6.07, 6.45) is 0.866. The number of carbonyl (C=O) groups excluding carboxylic acids is 1. The van der Waals surface area contributed by atoms with E-state index in [0.29, 0.717) is 12.1 Å². The summed E-state index contributed by atoms with van der Waals surface area (Å²) in [6.45, 7) is 4.35. The van der Waals surface area contributed by atoms with Crippen molar-refractivity contribution in [2.45, 2.75) is 20.3 Å². The van der Waals surface area contributed by atoms with Crippen molar-refractivity contribution in [3.05, 3.63) is 29.8 Å². The highest BCUT2D eigenvalue weighted by atomic mass is 16.1. The first-order valence-corrected chi connectivity index (χ1v) is 5.82. The van der Waals surface area contributed by atoms with E-state index < -0.39 is 0 Å². The second-order valence-electron chi connectivity index (χ2n) is 4.29. The van der Waals surface area contributed by atoms with Gasteiger partial charge in [-0.1, -0.05) is 19.9 Å². The lowest BCUT2D eigenvalue weighted by atomic mass is 10.0. The second kappa shape index (κ2) is 6.05. The molecule has 1 atom stereocenters. The molecule has 17 heavy (non-hydrogen) atoms. The van der Waals surface area contributed by atoms with Crippen LogP contribution in [-0.2, 0) is 4.79 Å². The molecule has 1 aromatic carbocycles. The zero-order valence-electron chi connectivity index (χ0n) is 10.6. The van der Waals surface area contributed by atoms with Gasteiger partial charge in [-0.25, -0.2) is 0 Å². The van der Waals surface area contributed by atoms with Crippen molar-refractivity contribution in [3.63, 3.8) is 0 Å². The lowest BCUT2D eigenvalue weighted by molar-refractivity contribution is -0.121. The normalized spacial score (nSPS) is 11.6. The predicted octanol–water partition coefficient (Wildman–Crippen LogP) is 2.61. The summed E-state index contributed by atoms with van der Waals surface area (Å²) in [6, 6.07) is 9.39. The van der Waals surface area contributed by atoms with Gasteiger partial charge in [0.05, 0.1) is 18.2 Å². The van der Waals surface area contributed by atoms with Crippen LogP contribution in [0.4, 0.5) is 5.69 Å². The molecule has 0 saturated heterocycles.